The van der Waals surface area contributed by atoms with Crippen LogP contribution in [0.5, 0.6) is 0 Å². The molecule has 3 N–H and O–H groups in total. The van der Waals surface area contributed by atoms with Crippen LogP contribution in [0, 0.1) is 5.41 Å². The molecule has 2 rings (SSSR count). The molecule has 1 amide bonds. The van der Waals surface area contributed by atoms with Crippen molar-refractivity contribution in [3.63, 3.8) is 0 Å². The average Bonchev–Trinajstić information content (AvgIpc) is 2.48. The van der Waals surface area contributed by atoms with Gasteiger partial charge in [-0.05, 0) is 31.4 Å². The minimum atomic E-state index is -0.738. The molecule has 1 aliphatic heterocycles. The van der Waals surface area contributed by atoms with Crippen LogP contribution in [0.25, 0.3) is 0 Å². The number of carboxylic acids is 1. The molecule has 0 saturated carbocycles. The summed E-state index contributed by atoms with van der Waals surface area (Å²) in [7, 11) is 0. The summed E-state index contributed by atoms with van der Waals surface area (Å²) >= 11 is 0. The van der Waals surface area contributed by atoms with Gasteiger partial charge in [-0.3, -0.25) is 14.6 Å². The van der Waals surface area contributed by atoms with Crippen molar-refractivity contribution in [3.05, 3.63) is 24.0 Å². The van der Waals surface area contributed by atoms with Gasteiger partial charge in [0.25, 0.3) is 5.91 Å². The smallest absolute Gasteiger partial charge is 0.311 e. The Balaban J connectivity index is 2.26. The quantitative estimate of drug-likeness (QED) is 0.860. The van der Waals surface area contributed by atoms with Crippen molar-refractivity contribution >= 4 is 17.6 Å². The number of amides is 1. The zero-order valence-electron chi connectivity index (χ0n) is 12.2. The first-order chi connectivity index (χ1) is 9.98. The molecular formula is C15H21N3O3. The minimum Gasteiger partial charge on any atom is -0.481 e. The van der Waals surface area contributed by atoms with Crippen LogP contribution < -0.4 is 10.6 Å². The molecule has 1 aromatic rings. The zero-order chi connectivity index (χ0) is 15.5. The van der Waals surface area contributed by atoms with E-state index in [9.17, 15) is 14.7 Å². The van der Waals surface area contributed by atoms with Crippen molar-refractivity contribution in [2.24, 2.45) is 11.1 Å². The predicted molar refractivity (Wildman–Crippen MR) is 79.2 cm³/mol. The first-order valence-electron chi connectivity index (χ1n) is 7.23. The molecule has 1 aromatic heterocycles. The van der Waals surface area contributed by atoms with E-state index in [1.54, 1.807) is 12.1 Å². The fraction of sp³-hybridized carbons (Fsp3) is 0.533. The maximum Gasteiger partial charge on any atom is 0.311 e. The number of primary amides is 1. The highest BCUT2D eigenvalue weighted by molar-refractivity contribution is 5.91. The van der Waals surface area contributed by atoms with Gasteiger partial charge in [-0.1, -0.05) is 13.3 Å². The lowest BCUT2D eigenvalue weighted by Crippen LogP contribution is -2.48. The largest absolute Gasteiger partial charge is 0.481 e. The Morgan fingerprint density at radius 1 is 1.52 bits per heavy atom. The molecule has 0 aromatic carbocycles. The van der Waals surface area contributed by atoms with Crippen LogP contribution >= 0.6 is 0 Å². The number of pyridine rings is 1. The first-order valence-corrected chi connectivity index (χ1v) is 7.23. The second kappa shape index (κ2) is 6.11. The average molecular weight is 291 g/mol. The zero-order valence-corrected chi connectivity index (χ0v) is 12.2. The van der Waals surface area contributed by atoms with Gasteiger partial charge in [-0.25, -0.2) is 0 Å². The van der Waals surface area contributed by atoms with E-state index < -0.39 is 17.3 Å². The predicted octanol–water partition coefficient (Wildman–Crippen LogP) is 1.65. The number of carbonyl (C=O) groups is 2. The van der Waals surface area contributed by atoms with Crippen molar-refractivity contribution in [3.8, 4) is 0 Å². The third-order valence-corrected chi connectivity index (χ3v) is 4.12. The van der Waals surface area contributed by atoms with Gasteiger partial charge >= 0.3 is 5.97 Å². The summed E-state index contributed by atoms with van der Waals surface area (Å²) in [6.45, 7) is 3.24. The van der Waals surface area contributed by atoms with Gasteiger partial charge in [0.05, 0.1) is 5.41 Å². The van der Waals surface area contributed by atoms with Gasteiger partial charge in [0, 0.05) is 25.0 Å². The summed E-state index contributed by atoms with van der Waals surface area (Å²) in [4.78, 5) is 28.9. The van der Waals surface area contributed by atoms with E-state index in [1.165, 1.54) is 6.20 Å². The van der Waals surface area contributed by atoms with E-state index in [1.807, 2.05) is 11.8 Å². The monoisotopic (exact) mass is 291 g/mol. The van der Waals surface area contributed by atoms with Gasteiger partial charge in [0.2, 0.25) is 0 Å². The molecule has 6 heteroatoms. The van der Waals surface area contributed by atoms with Crippen LogP contribution in [0.15, 0.2) is 18.3 Å². The number of carboxylic acid groups (broad SMARTS) is 1. The fourth-order valence-corrected chi connectivity index (χ4v) is 3.07. The number of carbonyl (C=O) groups excluding carboxylic acids is 1. The van der Waals surface area contributed by atoms with E-state index in [0.29, 0.717) is 19.4 Å². The number of hydrogen-bond acceptors (Lipinski definition) is 4. The van der Waals surface area contributed by atoms with Gasteiger partial charge < -0.3 is 15.7 Å². The molecule has 1 saturated heterocycles. The summed E-state index contributed by atoms with van der Waals surface area (Å²) in [5.74, 6) is -1.31. The van der Waals surface area contributed by atoms with Crippen LogP contribution in [-0.4, -0.2) is 35.1 Å². The summed E-state index contributed by atoms with van der Waals surface area (Å²) in [5.41, 5.74) is 5.55. The fourth-order valence-electron chi connectivity index (χ4n) is 3.07. The number of aliphatic carboxylic acids is 1. The number of anilines is 1. The molecule has 1 atom stereocenters. The molecule has 114 valence electrons. The molecule has 2 heterocycles. The van der Waals surface area contributed by atoms with Crippen LogP contribution in [0.2, 0.25) is 0 Å². The second-order valence-corrected chi connectivity index (χ2v) is 5.62. The number of nitrogens with two attached hydrogens (primary N) is 1. The van der Waals surface area contributed by atoms with Gasteiger partial charge in [0.15, 0.2) is 0 Å². The Kier molecular flexibility index (Phi) is 4.45. The van der Waals surface area contributed by atoms with Crippen molar-refractivity contribution in [2.75, 3.05) is 18.0 Å². The number of aromatic nitrogens is 1. The van der Waals surface area contributed by atoms with E-state index in [-0.39, 0.29) is 5.69 Å². The molecule has 6 nitrogen and oxygen atoms in total. The highest BCUT2D eigenvalue weighted by Gasteiger charge is 2.41. The van der Waals surface area contributed by atoms with Crippen LogP contribution in [-0.2, 0) is 4.79 Å². The van der Waals surface area contributed by atoms with Crippen LogP contribution in [0.4, 0.5) is 5.69 Å². The topological polar surface area (TPSA) is 96.5 Å². The van der Waals surface area contributed by atoms with Crippen molar-refractivity contribution in [1.82, 2.24) is 4.98 Å². The Morgan fingerprint density at radius 3 is 2.90 bits per heavy atom. The molecule has 0 bridgehead atoms. The van der Waals surface area contributed by atoms with E-state index >= 15 is 0 Å². The molecule has 21 heavy (non-hydrogen) atoms. The molecule has 1 fully saturated rings. The normalized spacial score (nSPS) is 22.0. The van der Waals surface area contributed by atoms with Crippen molar-refractivity contribution in [1.29, 1.82) is 0 Å². The Morgan fingerprint density at radius 2 is 2.29 bits per heavy atom. The van der Waals surface area contributed by atoms with Gasteiger partial charge in [0.1, 0.15) is 5.69 Å². The number of piperidine rings is 1. The van der Waals surface area contributed by atoms with Crippen LogP contribution in [0.1, 0.15) is 43.1 Å². The molecule has 0 spiro atoms. The van der Waals surface area contributed by atoms with E-state index in [4.69, 9.17) is 5.73 Å². The highest BCUT2D eigenvalue weighted by atomic mass is 16.4. The lowest BCUT2D eigenvalue weighted by atomic mass is 9.76. The molecule has 1 aliphatic rings. The lowest BCUT2D eigenvalue weighted by molar-refractivity contribution is -0.150. The molecular weight excluding hydrogens is 270 g/mol. The summed E-state index contributed by atoms with van der Waals surface area (Å²) in [5, 5.41) is 9.61. The van der Waals surface area contributed by atoms with Gasteiger partial charge in [-0.2, -0.15) is 0 Å². The summed E-state index contributed by atoms with van der Waals surface area (Å²) < 4.78 is 0. The first kappa shape index (κ1) is 15.3. The number of hydrogen-bond donors (Lipinski definition) is 2. The van der Waals surface area contributed by atoms with E-state index in [0.717, 1.165) is 25.1 Å². The Hall–Kier alpha value is -2.11. The molecule has 1 unspecified atom stereocenters. The lowest BCUT2D eigenvalue weighted by Gasteiger charge is -2.41. The third-order valence-electron chi connectivity index (χ3n) is 4.12. The number of nitrogens with zero attached hydrogens (tertiary/aromatic N) is 2. The van der Waals surface area contributed by atoms with Crippen molar-refractivity contribution in [2.45, 2.75) is 32.6 Å². The maximum absolute atomic E-state index is 11.7. The molecule has 0 radical (unpaired) electrons. The van der Waals surface area contributed by atoms with Gasteiger partial charge in [-0.15, -0.1) is 0 Å². The summed E-state index contributed by atoms with van der Waals surface area (Å²) in [6.07, 6.45) is 4.54. The third kappa shape index (κ3) is 3.15. The molecule has 0 aliphatic carbocycles. The summed E-state index contributed by atoms with van der Waals surface area (Å²) in [6, 6.07) is 3.42. The van der Waals surface area contributed by atoms with Crippen molar-refractivity contribution < 1.29 is 14.7 Å². The highest BCUT2D eigenvalue weighted by Crippen LogP contribution is 2.36. The maximum atomic E-state index is 11.7. The Labute approximate surface area is 124 Å². The number of rotatable bonds is 5. The van der Waals surface area contributed by atoms with Crippen LogP contribution in [0.3, 0.4) is 0 Å². The second-order valence-electron chi connectivity index (χ2n) is 5.62. The minimum absolute atomic E-state index is 0.203. The standard InChI is InChI=1S/C15H21N3O3/c1-2-5-15(14(20)21)6-3-8-18(10-15)11-4-7-17-12(9-11)13(16)19/h4,7,9H,2-3,5-6,8,10H2,1H3,(H2,16,19)(H,20,21). The van der Waals surface area contributed by atoms with E-state index in [2.05, 4.69) is 4.98 Å². The Bertz CT molecular complexity index is 543. The SMILES string of the molecule is CCCC1(C(=O)O)CCCN(c2ccnc(C(N)=O)c2)C1.